The summed E-state index contributed by atoms with van der Waals surface area (Å²) in [4.78, 5) is 18.4. The van der Waals surface area contributed by atoms with E-state index in [4.69, 9.17) is 0 Å². The molecule has 2 heterocycles. The fourth-order valence-corrected chi connectivity index (χ4v) is 6.66. The summed E-state index contributed by atoms with van der Waals surface area (Å²) in [6, 6.07) is 16.7. The van der Waals surface area contributed by atoms with E-state index in [0.717, 1.165) is 29.8 Å². The number of amides is 2. The lowest BCUT2D eigenvalue weighted by Gasteiger charge is -2.36. The molecule has 1 aliphatic carbocycles. The second kappa shape index (κ2) is 7.92. The van der Waals surface area contributed by atoms with E-state index in [1.807, 2.05) is 34.4 Å². The van der Waals surface area contributed by atoms with Gasteiger partial charge in [0.05, 0.1) is 6.04 Å². The molecule has 1 aromatic heterocycles. The Hall–Kier alpha value is -2.59. The predicted molar refractivity (Wildman–Crippen MR) is 125 cm³/mol. The molecule has 4 heteroatoms. The summed E-state index contributed by atoms with van der Waals surface area (Å²) in [7, 11) is 0. The van der Waals surface area contributed by atoms with Crippen LogP contribution >= 0.6 is 11.3 Å². The number of anilines is 1. The molecule has 0 radical (unpaired) electrons. The monoisotopic (exact) mass is 416 g/mol. The summed E-state index contributed by atoms with van der Waals surface area (Å²) in [6.45, 7) is 4.89. The van der Waals surface area contributed by atoms with Crippen molar-refractivity contribution in [3.8, 4) is 0 Å². The van der Waals surface area contributed by atoms with Gasteiger partial charge in [0, 0.05) is 22.0 Å². The Morgan fingerprint density at radius 3 is 2.47 bits per heavy atom. The van der Waals surface area contributed by atoms with Crippen LogP contribution < -0.4 is 5.32 Å². The predicted octanol–water partition coefficient (Wildman–Crippen LogP) is 6.42. The zero-order valence-electron chi connectivity index (χ0n) is 17.7. The summed E-state index contributed by atoms with van der Waals surface area (Å²) in [5.41, 5.74) is 7.53. The van der Waals surface area contributed by atoms with Crippen molar-refractivity contribution >= 4 is 23.1 Å². The molecule has 0 saturated heterocycles. The van der Waals surface area contributed by atoms with E-state index in [2.05, 4.69) is 49.5 Å². The van der Waals surface area contributed by atoms with Crippen LogP contribution in [0.1, 0.15) is 56.5 Å². The zero-order chi connectivity index (χ0) is 20.7. The van der Waals surface area contributed by atoms with Crippen LogP contribution in [0.2, 0.25) is 0 Å². The van der Waals surface area contributed by atoms with Gasteiger partial charge in [0.2, 0.25) is 0 Å². The molecule has 2 amide bonds. The molecule has 1 atom stereocenters. The third kappa shape index (κ3) is 3.54. The Balaban J connectivity index is 1.52. The number of carbonyl (C=O) groups is 1. The van der Waals surface area contributed by atoms with Gasteiger partial charge in [-0.3, -0.25) is 0 Å². The van der Waals surface area contributed by atoms with E-state index >= 15 is 0 Å². The topological polar surface area (TPSA) is 32.3 Å². The maximum absolute atomic E-state index is 13.4. The molecule has 1 N–H and O–H groups in total. The summed E-state index contributed by atoms with van der Waals surface area (Å²) in [5, 5.41) is 3.18. The number of urea groups is 1. The molecular formula is C26H28N2OS. The number of aryl methyl sites for hydroxylation is 3. The molecule has 3 aromatic rings. The van der Waals surface area contributed by atoms with Crippen LogP contribution in [-0.2, 0) is 19.3 Å². The number of rotatable bonds is 2. The highest BCUT2D eigenvalue weighted by atomic mass is 32.1. The Morgan fingerprint density at radius 2 is 1.70 bits per heavy atom. The number of hydrogen-bond donors (Lipinski definition) is 1. The van der Waals surface area contributed by atoms with Gasteiger partial charge in [0.25, 0.3) is 0 Å². The molecule has 1 aliphatic heterocycles. The van der Waals surface area contributed by atoms with E-state index < -0.39 is 0 Å². The number of nitrogens with one attached hydrogen (secondary N) is 1. The highest BCUT2D eigenvalue weighted by Gasteiger charge is 2.36. The first-order chi connectivity index (χ1) is 14.6. The lowest BCUT2D eigenvalue weighted by atomic mass is 9.88. The second-order valence-corrected chi connectivity index (χ2v) is 9.75. The quantitative estimate of drug-likeness (QED) is 0.513. The largest absolute Gasteiger partial charge is 0.322 e. The van der Waals surface area contributed by atoms with Crippen molar-refractivity contribution in [3.63, 3.8) is 0 Å². The third-order valence-electron chi connectivity index (χ3n) is 6.32. The van der Waals surface area contributed by atoms with Crippen molar-refractivity contribution in [1.82, 2.24) is 4.90 Å². The minimum absolute atomic E-state index is 0.00328. The van der Waals surface area contributed by atoms with Crippen LogP contribution in [0.25, 0.3) is 0 Å². The van der Waals surface area contributed by atoms with Crippen molar-refractivity contribution in [1.29, 1.82) is 0 Å². The molecule has 0 fully saturated rings. The Kier molecular flexibility index (Phi) is 5.11. The van der Waals surface area contributed by atoms with E-state index in [-0.39, 0.29) is 12.1 Å². The van der Waals surface area contributed by atoms with E-state index in [9.17, 15) is 4.79 Å². The van der Waals surface area contributed by atoms with Crippen molar-refractivity contribution in [2.45, 2.75) is 52.0 Å². The molecule has 0 spiro atoms. The highest BCUT2D eigenvalue weighted by molar-refractivity contribution is 7.12. The summed E-state index contributed by atoms with van der Waals surface area (Å²) in [5.74, 6) is 0. The average Bonchev–Trinajstić information content (AvgIpc) is 3.11. The standard InChI is InChI=1S/C26H28N2OS/c1-17-14-18(2)16-20(15-17)27-26(29)28-13-12-22-21-10-6-7-11-23(21)30-25(22)24(28)19-8-4-3-5-9-19/h3-5,8-9,14-16,24H,6-7,10-13H2,1-2H3,(H,27,29)/t24-/m1/s1. The van der Waals surface area contributed by atoms with Gasteiger partial charge < -0.3 is 10.2 Å². The Morgan fingerprint density at radius 1 is 0.967 bits per heavy atom. The fourth-order valence-electron chi connectivity index (χ4n) is 5.08. The van der Waals surface area contributed by atoms with Gasteiger partial charge in [0.1, 0.15) is 0 Å². The molecule has 3 nitrogen and oxygen atoms in total. The van der Waals surface area contributed by atoms with Crippen molar-refractivity contribution in [2.75, 3.05) is 11.9 Å². The summed E-state index contributed by atoms with van der Waals surface area (Å²) in [6.07, 6.45) is 5.95. The molecule has 0 saturated carbocycles. The molecule has 0 unspecified atom stereocenters. The highest BCUT2D eigenvalue weighted by Crippen LogP contribution is 2.45. The molecule has 0 bridgehead atoms. The Bertz CT molecular complexity index is 1070. The number of hydrogen-bond acceptors (Lipinski definition) is 2. The first-order valence-electron chi connectivity index (χ1n) is 10.9. The lowest BCUT2D eigenvalue weighted by molar-refractivity contribution is 0.195. The average molecular weight is 417 g/mol. The summed E-state index contributed by atoms with van der Waals surface area (Å²) >= 11 is 1.95. The van der Waals surface area contributed by atoms with E-state index in [0.29, 0.717) is 0 Å². The summed E-state index contributed by atoms with van der Waals surface area (Å²) < 4.78 is 0. The molecular weight excluding hydrogens is 388 g/mol. The minimum Gasteiger partial charge on any atom is -0.312 e. The SMILES string of the molecule is Cc1cc(C)cc(NC(=O)N2CCc3c(sc4c3CCCC4)[C@H]2c2ccccc2)c1. The van der Waals surface area contributed by atoms with Crippen molar-refractivity contribution in [3.05, 3.63) is 86.1 Å². The van der Waals surface area contributed by atoms with E-state index in [1.54, 1.807) is 10.4 Å². The first-order valence-corrected chi connectivity index (χ1v) is 11.8. The van der Waals surface area contributed by atoms with Crippen LogP contribution in [0.4, 0.5) is 10.5 Å². The van der Waals surface area contributed by atoms with Crippen LogP contribution in [-0.4, -0.2) is 17.5 Å². The van der Waals surface area contributed by atoms with Crippen LogP contribution in [0.5, 0.6) is 0 Å². The normalized spacial score (nSPS) is 17.9. The second-order valence-electron chi connectivity index (χ2n) is 8.62. The van der Waals surface area contributed by atoms with Crippen LogP contribution in [0.15, 0.2) is 48.5 Å². The molecule has 154 valence electrons. The molecule has 5 rings (SSSR count). The Labute approximate surface area is 182 Å². The third-order valence-corrected chi connectivity index (χ3v) is 7.71. The number of nitrogens with zero attached hydrogens (tertiary/aromatic N) is 1. The van der Waals surface area contributed by atoms with Crippen molar-refractivity contribution < 1.29 is 4.79 Å². The zero-order valence-corrected chi connectivity index (χ0v) is 18.5. The number of benzene rings is 2. The minimum atomic E-state index is -0.00845. The van der Waals surface area contributed by atoms with Gasteiger partial charge >= 0.3 is 6.03 Å². The maximum atomic E-state index is 13.4. The van der Waals surface area contributed by atoms with E-state index in [1.165, 1.54) is 41.7 Å². The van der Waals surface area contributed by atoms with Crippen LogP contribution in [0.3, 0.4) is 0 Å². The van der Waals surface area contributed by atoms with Gasteiger partial charge in [0.15, 0.2) is 0 Å². The van der Waals surface area contributed by atoms with Gasteiger partial charge in [-0.25, -0.2) is 4.79 Å². The molecule has 30 heavy (non-hydrogen) atoms. The maximum Gasteiger partial charge on any atom is 0.322 e. The first kappa shape index (κ1) is 19.4. The van der Waals surface area contributed by atoms with Gasteiger partial charge in [-0.05, 0) is 85.9 Å². The van der Waals surface area contributed by atoms with Crippen molar-refractivity contribution in [2.24, 2.45) is 0 Å². The number of fused-ring (bicyclic) bond motifs is 3. The molecule has 2 aliphatic rings. The smallest absolute Gasteiger partial charge is 0.312 e. The number of thiophene rings is 1. The van der Waals surface area contributed by atoms with Gasteiger partial charge in [-0.2, -0.15) is 0 Å². The fraction of sp³-hybridized carbons (Fsp3) is 0.346. The van der Waals surface area contributed by atoms with Crippen LogP contribution in [0, 0.1) is 13.8 Å². The molecule has 2 aromatic carbocycles. The van der Waals surface area contributed by atoms with Gasteiger partial charge in [-0.1, -0.05) is 36.4 Å². The lowest BCUT2D eigenvalue weighted by Crippen LogP contribution is -2.42. The van der Waals surface area contributed by atoms with Gasteiger partial charge in [-0.15, -0.1) is 11.3 Å². The number of carbonyl (C=O) groups excluding carboxylic acids is 1.